The predicted octanol–water partition coefficient (Wildman–Crippen LogP) is 1.60. The minimum Gasteiger partial charge on any atom is -0.391 e. The third-order valence-electron chi connectivity index (χ3n) is 2.78. The third-order valence-corrected chi connectivity index (χ3v) is 2.78. The minimum absolute atomic E-state index is 0.269. The fourth-order valence-corrected chi connectivity index (χ4v) is 1.77. The summed E-state index contributed by atoms with van der Waals surface area (Å²) < 4.78 is 0. The van der Waals surface area contributed by atoms with Crippen LogP contribution in [-0.4, -0.2) is 28.8 Å². The molecule has 0 aliphatic carbocycles. The first-order valence-electron chi connectivity index (χ1n) is 6.59. The molecule has 19 heavy (non-hydrogen) atoms. The normalized spacial score (nSPS) is 12.3. The van der Waals surface area contributed by atoms with Crippen LogP contribution < -0.4 is 10.6 Å². The molecule has 1 aromatic rings. The Morgan fingerprint density at radius 3 is 2.79 bits per heavy atom. The second-order valence-corrected chi connectivity index (χ2v) is 5.11. The van der Waals surface area contributed by atoms with Gasteiger partial charge in [-0.3, -0.25) is 4.98 Å². The highest BCUT2D eigenvalue weighted by atomic mass is 16.3. The van der Waals surface area contributed by atoms with Crippen molar-refractivity contribution >= 4 is 6.03 Å². The Morgan fingerprint density at radius 1 is 1.42 bits per heavy atom. The first kappa shape index (κ1) is 15.4. The van der Waals surface area contributed by atoms with Gasteiger partial charge in [0.15, 0.2) is 0 Å². The number of aliphatic hydroxyl groups excluding tert-OH is 1. The number of carbonyl (C=O) groups is 1. The summed E-state index contributed by atoms with van der Waals surface area (Å²) in [6.45, 7) is 6.68. The summed E-state index contributed by atoms with van der Waals surface area (Å²) >= 11 is 0. The molecule has 1 unspecified atom stereocenters. The van der Waals surface area contributed by atoms with Crippen LogP contribution in [0.25, 0.3) is 0 Å². The largest absolute Gasteiger partial charge is 0.391 e. The molecule has 0 aromatic carbocycles. The molecule has 1 rings (SSSR count). The van der Waals surface area contributed by atoms with Crippen molar-refractivity contribution in [3.05, 3.63) is 29.6 Å². The highest BCUT2D eigenvalue weighted by Gasteiger charge is 2.09. The molecule has 1 aromatic heterocycles. The topological polar surface area (TPSA) is 74.2 Å². The number of aromatic nitrogens is 1. The molecular weight excluding hydrogens is 242 g/mol. The van der Waals surface area contributed by atoms with E-state index >= 15 is 0 Å². The zero-order chi connectivity index (χ0) is 14.3. The average molecular weight is 265 g/mol. The van der Waals surface area contributed by atoms with Crippen LogP contribution >= 0.6 is 0 Å². The summed E-state index contributed by atoms with van der Waals surface area (Å²) in [6.07, 6.45) is 1.89. The molecule has 0 saturated carbocycles. The number of nitrogens with zero attached hydrogens (tertiary/aromatic N) is 1. The summed E-state index contributed by atoms with van der Waals surface area (Å²) in [7, 11) is 0. The van der Waals surface area contributed by atoms with Gasteiger partial charge in [-0.1, -0.05) is 19.9 Å². The van der Waals surface area contributed by atoms with E-state index in [9.17, 15) is 9.90 Å². The van der Waals surface area contributed by atoms with Crippen molar-refractivity contribution < 1.29 is 9.90 Å². The van der Waals surface area contributed by atoms with Gasteiger partial charge in [0.25, 0.3) is 0 Å². The van der Waals surface area contributed by atoms with E-state index in [1.54, 1.807) is 6.20 Å². The molecule has 0 aliphatic rings. The number of nitrogens with one attached hydrogen (secondary N) is 2. The minimum atomic E-state index is -0.498. The molecule has 5 nitrogen and oxygen atoms in total. The SMILES string of the molecule is Cc1cccnc1CNC(=O)NCC(O)CC(C)C. The van der Waals surface area contributed by atoms with Crippen molar-refractivity contribution in [2.75, 3.05) is 6.54 Å². The lowest BCUT2D eigenvalue weighted by atomic mass is 10.1. The Kier molecular flexibility index (Phi) is 6.29. The highest BCUT2D eigenvalue weighted by Crippen LogP contribution is 2.03. The molecule has 0 bridgehead atoms. The lowest BCUT2D eigenvalue weighted by Gasteiger charge is -2.14. The van der Waals surface area contributed by atoms with E-state index in [0.717, 1.165) is 11.3 Å². The highest BCUT2D eigenvalue weighted by molar-refractivity contribution is 5.73. The summed E-state index contributed by atoms with van der Waals surface area (Å²) in [4.78, 5) is 15.7. The van der Waals surface area contributed by atoms with Crippen LogP contribution in [0.1, 0.15) is 31.5 Å². The Labute approximate surface area is 114 Å². The Morgan fingerprint density at radius 2 is 2.16 bits per heavy atom. The van der Waals surface area contributed by atoms with Crippen molar-refractivity contribution in [2.45, 2.75) is 39.8 Å². The zero-order valence-corrected chi connectivity index (χ0v) is 11.8. The van der Waals surface area contributed by atoms with Crippen molar-refractivity contribution in [1.29, 1.82) is 0 Å². The Balaban J connectivity index is 2.27. The fraction of sp³-hybridized carbons (Fsp3) is 0.571. The molecule has 0 spiro atoms. The van der Waals surface area contributed by atoms with Crippen LogP contribution in [0.15, 0.2) is 18.3 Å². The van der Waals surface area contributed by atoms with Gasteiger partial charge >= 0.3 is 6.03 Å². The van der Waals surface area contributed by atoms with E-state index in [-0.39, 0.29) is 12.6 Å². The van der Waals surface area contributed by atoms with E-state index in [4.69, 9.17) is 0 Å². The summed E-state index contributed by atoms with van der Waals surface area (Å²) in [6, 6.07) is 3.53. The van der Waals surface area contributed by atoms with Gasteiger partial charge in [0.1, 0.15) is 0 Å². The van der Waals surface area contributed by atoms with Gasteiger partial charge in [-0.2, -0.15) is 0 Å². The predicted molar refractivity (Wildman–Crippen MR) is 74.7 cm³/mol. The van der Waals surface area contributed by atoms with Gasteiger partial charge in [0, 0.05) is 12.7 Å². The summed E-state index contributed by atoms with van der Waals surface area (Å²) in [5.41, 5.74) is 1.89. The maximum absolute atomic E-state index is 11.6. The van der Waals surface area contributed by atoms with Crippen molar-refractivity contribution in [1.82, 2.24) is 15.6 Å². The average Bonchev–Trinajstić information content (AvgIpc) is 2.34. The molecule has 3 N–H and O–H groups in total. The van der Waals surface area contributed by atoms with Gasteiger partial charge in [-0.15, -0.1) is 0 Å². The second-order valence-electron chi connectivity index (χ2n) is 5.11. The molecule has 1 heterocycles. The van der Waals surface area contributed by atoms with Gasteiger partial charge in [-0.05, 0) is 30.9 Å². The lowest BCUT2D eigenvalue weighted by molar-refractivity contribution is 0.147. The van der Waals surface area contributed by atoms with Crippen LogP contribution in [0.3, 0.4) is 0 Å². The third kappa shape index (κ3) is 6.20. The number of aryl methyl sites for hydroxylation is 1. The molecule has 0 fully saturated rings. The van der Waals surface area contributed by atoms with Crippen LogP contribution in [0.4, 0.5) is 4.79 Å². The number of aliphatic hydroxyl groups is 1. The summed E-state index contributed by atoms with van der Waals surface area (Å²) in [5, 5.41) is 15.0. The molecule has 2 amide bonds. The fourth-order valence-electron chi connectivity index (χ4n) is 1.77. The molecule has 106 valence electrons. The molecule has 5 heteroatoms. The van der Waals surface area contributed by atoms with Crippen molar-refractivity contribution in [3.8, 4) is 0 Å². The molecule has 0 saturated heterocycles. The number of hydrogen-bond acceptors (Lipinski definition) is 3. The quantitative estimate of drug-likeness (QED) is 0.731. The van der Waals surface area contributed by atoms with E-state index in [1.165, 1.54) is 0 Å². The maximum Gasteiger partial charge on any atom is 0.315 e. The maximum atomic E-state index is 11.6. The van der Waals surface area contributed by atoms with Crippen molar-refractivity contribution in [2.24, 2.45) is 5.92 Å². The van der Waals surface area contributed by atoms with Crippen LogP contribution in [-0.2, 0) is 6.54 Å². The number of amides is 2. The lowest BCUT2D eigenvalue weighted by Crippen LogP contribution is -2.39. The first-order chi connectivity index (χ1) is 8.99. The van der Waals surface area contributed by atoms with Crippen molar-refractivity contribution in [3.63, 3.8) is 0 Å². The smallest absolute Gasteiger partial charge is 0.315 e. The summed E-state index contributed by atoms with van der Waals surface area (Å²) in [5.74, 6) is 0.413. The van der Waals surface area contributed by atoms with E-state index in [1.807, 2.05) is 32.9 Å². The number of rotatable bonds is 6. The number of carbonyl (C=O) groups excluding carboxylic acids is 1. The zero-order valence-electron chi connectivity index (χ0n) is 11.8. The molecular formula is C14H23N3O2. The van der Waals surface area contributed by atoms with Gasteiger partial charge < -0.3 is 15.7 Å². The Hall–Kier alpha value is -1.62. The monoisotopic (exact) mass is 265 g/mol. The standard InChI is InChI=1S/C14H23N3O2/c1-10(2)7-12(18)8-16-14(19)17-9-13-11(3)5-4-6-15-13/h4-6,10,12,18H,7-9H2,1-3H3,(H2,16,17,19). The van der Waals surface area contributed by atoms with Crippen LogP contribution in [0, 0.1) is 12.8 Å². The molecule has 0 aliphatic heterocycles. The number of hydrogen-bond donors (Lipinski definition) is 3. The van der Waals surface area contributed by atoms with E-state index in [2.05, 4.69) is 15.6 Å². The number of urea groups is 1. The van der Waals surface area contributed by atoms with E-state index < -0.39 is 6.10 Å². The number of pyridine rings is 1. The van der Waals surface area contributed by atoms with Gasteiger partial charge in [0.2, 0.25) is 0 Å². The van der Waals surface area contributed by atoms with E-state index in [0.29, 0.717) is 18.9 Å². The molecule has 0 radical (unpaired) electrons. The van der Waals surface area contributed by atoms with Crippen LogP contribution in [0.5, 0.6) is 0 Å². The Bertz CT molecular complexity index is 407. The first-order valence-corrected chi connectivity index (χ1v) is 6.59. The second kappa shape index (κ2) is 7.74. The van der Waals surface area contributed by atoms with Gasteiger partial charge in [-0.25, -0.2) is 4.79 Å². The molecule has 1 atom stereocenters. The van der Waals surface area contributed by atoms with Gasteiger partial charge in [0.05, 0.1) is 18.3 Å². The van der Waals surface area contributed by atoms with Crippen LogP contribution in [0.2, 0.25) is 0 Å².